The predicted octanol–water partition coefficient (Wildman–Crippen LogP) is 5.63. The summed E-state index contributed by atoms with van der Waals surface area (Å²) >= 11 is 6.24. The first-order valence-electron chi connectivity index (χ1n) is 8.23. The van der Waals surface area contributed by atoms with Crippen molar-refractivity contribution in [1.29, 1.82) is 0 Å². The minimum Gasteiger partial charge on any atom is -0.493 e. The number of halogens is 2. The number of hydrogen-bond donors (Lipinski definition) is 1. The summed E-state index contributed by atoms with van der Waals surface area (Å²) in [5.41, 5.74) is 2.16. The fraction of sp³-hybridized carbons (Fsp3) is 0.400. The summed E-state index contributed by atoms with van der Waals surface area (Å²) in [6.07, 6.45) is 1.03. The molecule has 0 aliphatic carbocycles. The van der Waals surface area contributed by atoms with E-state index >= 15 is 0 Å². The van der Waals surface area contributed by atoms with Gasteiger partial charge in [0.25, 0.3) is 0 Å². The lowest BCUT2D eigenvalue weighted by Crippen LogP contribution is -2.37. The number of hydrogen-bond acceptors (Lipinski definition) is 3. The van der Waals surface area contributed by atoms with E-state index in [0.717, 1.165) is 23.3 Å². The molecule has 138 valence electrons. The van der Waals surface area contributed by atoms with Gasteiger partial charge in [0.1, 0.15) is 6.61 Å². The van der Waals surface area contributed by atoms with Crippen LogP contribution in [0, 0.1) is 0 Å². The van der Waals surface area contributed by atoms with Crippen LogP contribution in [-0.2, 0) is 13.2 Å². The molecule has 0 fully saturated rings. The van der Waals surface area contributed by atoms with E-state index < -0.39 is 0 Å². The third kappa shape index (κ3) is 6.43. The highest BCUT2D eigenvalue weighted by molar-refractivity contribution is 6.30. The maximum absolute atomic E-state index is 6.24. The summed E-state index contributed by atoms with van der Waals surface area (Å²) in [4.78, 5) is 0. The molecule has 0 spiro atoms. The van der Waals surface area contributed by atoms with E-state index in [0.29, 0.717) is 23.9 Å². The lowest BCUT2D eigenvalue weighted by molar-refractivity contribution is 0.278. The van der Waals surface area contributed by atoms with Crippen molar-refractivity contribution in [3.8, 4) is 11.5 Å². The maximum Gasteiger partial charge on any atom is 0.166 e. The molecule has 0 heterocycles. The fourth-order valence-electron chi connectivity index (χ4n) is 2.26. The Hall–Kier alpha value is -1.42. The molecule has 0 aliphatic heterocycles. The zero-order valence-electron chi connectivity index (χ0n) is 15.3. The molecule has 1 N–H and O–H groups in total. The number of methoxy groups -OCH3 is 1. The van der Waals surface area contributed by atoms with Crippen LogP contribution < -0.4 is 14.8 Å². The van der Waals surface area contributed by atoms with Crippen LogP contribution in [0.2, 0.25) is 5.02 Å². The lowest BCUT2D eigenvalue weighted by atomic mass is 10.0. The Bertz CT molecular complexity index is 660. The molecule has 2 rings (SSSR count). The van der Waals surface area contributed by atoms with Gasteiger partial charge in [-0.25, -0.2) is 0 Å². The monoisotopic (exact) mass is 383 g/mol. The molecule has 0 saturated heterocycles. The van der Waals surface area contributed by atoms with Gasteiger partial charge in [0, 0.05) is 28.7 Å². The minimum absolute atomic E-state index is 0. The van der Waals surface area contributed by atoms with Gasteiger partial charge in [0.2, 0.25) is 0 Å². The Balaban J connectivity index is 0.00000312. The summed E-state index contributed by atoms with van der Waals surface area (Å²) < 4.78 is 11.6. The molecule has 2 aromatic carbocycles. The largest absolute Gasteiger partial charge is 0.493 e. The molecule has 0 aliphatic rings. The SMILES string of the molecule is CCC(C)(C)NCc1cc(Cl)cc(OC)c1OCc1ccccc1.Cl. The van der Waals surface area contributed by atoms with Crippen molar-refractivity contribution < 1.29 is 9.47 Å². The molecule has 5 heteroatoms. The van der Waals surface area contributed by atoms with E-state index in [-0.39, 0.29) is 17.9 Å². The Morgan fingerprint density at radius 3 is 2.40 bits per heavy atom. The van der Waals surface area contributed by atoms with Gasteiger partial charge >= 0.3 is 0 Å². The second-order valence-corrected chi connectivity index (χ2v) is 6.90. The molecule has 0 amide bonds. The van der Waals surface area contributed by atoms with Crippen LogP contribution in [-0.4, -0.2) is 12.6 Å². The molecule has 0 bridgehead atoms. The number of rotatable bonds is 8. The van der Waals surface area contributed by atoms with Gasteiger partial charge in [-0.3, -0.25) is 0 Å². The molecule has 25 heavy (non-hydrogen) atoms. The van der Waals surface area contributed by atoms with E-state index in [1.807, 2.05) is 36.4 Å². The second kappa shape index (κ2) is 9.91. The summed E-state index contributed by atoms with van der Waals surface area (Å²) in [5.74, 6) is 1.40. The van der Waals surface area contributed by atoms with Crippen LogP contribution >= 0.6 is 24.0 Å². The Morgan fingerprint density at radius 2 is 1.80 bits per heavy atom. The molecule has 3 nitrogen and oxygen atoms in total. The molecule has 0 saturated carbocycles. The molecule has 0 radical (unpaired) electrons. The zero-order chi connectivity index (χ0) is 17.6. The fourth-order valence-corrected chi connectivity index (χ4v) is 2.49. The van der Waals surface area contributed by atoms with Gasteiger partial charge in [-0.05, 0) is 31.9 Å². The first kappa shape index (κ1) is 21.6. The van der Waals surface area contributed by atoms with Crippen molar-refractivity contribution >= 4 is 24.0 Å². The van der Waals surface area contributed by atoms with Crippen molar-refractivity contribution in [1.82, 2.24) is 5.32 Å². The Kier molecular flexibility index (Phi) is 8.57. The van der Waals surface area contributed by atoms with Gasteiger partial charge in [-0.2, -0.15) is 0 Å². The van der Waals surface area contributed by atoms with Gasteiger partial charge in [-0.1, -0.05) is 48.9 Å². The predicted molar refractivity (Wildman–Crippen MR) is 107 cm³/mol. The number of ether oxygens (including phenoxy) is 2. The van der Waals surface area contributed by atoms with Crippen molar-refractivity contribution in [2.75, 3.05) is 7.11 Å². The van der Waals surface area contributed by atoms with Gasteiger partial charge in [0.15, 0.2) is 11.5 Å². The lowest BCUT2D eigenvalue weighted by Gasteiger charge is -2.25. The van der Waals surface area contributed by atoms with Crippen LogP contribution in [0.4, 0.5) is 0 Å². The maximum atomic E-state index is 6.24. The molecule has 0 aromatic heterocycles. The summed E-state index contributed by atoms with van der Waals surface area (Å²) in [6.45, 7) is 7.68. The first-order chi connectivity index (χ1) is 11.4. The molecule has 0 atom stereocenters. The Labute approximate surface area is 162 Å². The van der Waals surface area contributed by atoms with E-state index in [4.69, 9.17) is 21.1 Å². The van der Waals surface area contributed by atoms with Crippen LogP contribution in [0.25, 0.3) is 0 Å². The Morgan fingerprint density at radius 1 is 1.12 bits per heavy atom. The van der Waals surface area contributed by atoms with E-state index in [1.165, 1.54) is 0 Å². The van der Waals surface area contributed by atoms with Crippen molar-refractivity contribution in [2.24, 2.45) is 0 Å². The second-order valence-electron chi connectivity index (χ2n) is 6.46. The van der Waals surface area contributed by atoms with E-state index in [1.54, 1.807) is 13.2 Å². The zero-order valence-corrected chi connectivity index (χ0v) is 16.8. The average Bonchev–Trinajstić information content (AvgIpc) is 2.59. The van der Waals surface area contributed by atoms with Gasteiger partial charge in [-0.15, -0.1) is 12.4 Å². The molecular weight excluding hydrogens is 357 g/mol. The normalized spacial score (nSPS) is 10.9. The first-order valence-corrected chi connectivity index (χ1v) is 8.61. The molecule has 0 unspecified atom stereocenters. The van der Waals surface area contributed by atoms with Gasteiger partial charge < -0.3 is 14.8 Å². The third-order valence-electron chi connectivity index (χ3n) is 4.18. The highest BCUT2D eigenvalue weighted by Crippen LogP contribution is 2.35. The third-order valence-corrected chi connectivity index (χ3v) is 4.40. The minimum atomic E-state index is 0. The summed E-state index contributed by atoms with van der Waals surface area (Å²) in [7, 11) is 1.63. The smallest absolute Gasteiger partial charge is 0.166 e. The van der Waals surface area contributed by atoms with Crippen LogP contribution in [0.5, 0.6) is 11.5 Å². The highest BCUT2D eigenvalue weighted by Gasteiger charge is 2.18. The standard InChI is InChI=1S/C20H26ClNO2.ClH/c1-5-20(2,3)22-13-16-11-17(21)12-18(23-4)19(16)24-14-15-9-7-6-8-10-15;/h6-12,22H,5,13-14H2,1-4H3;1H. The van der Waals surface area contributed by atoms with Gasteiger partial charge in [0.05, 0.1) is 7.11 Å². The van der Waals surface area contributed by atoms with Crippen molar-refractivity contribution in [2.45, 2.75) is 45.9 Å². The molecular formula is C20H27Cl2NO2. The number of nitrogens with one attached hydrogen (secondary N) is 1. The number of benzene rings is 2. The van der Waals surface area contributed by atoms with Crippen LogP contribution in [0.15, 0.2) is 42.5 Å². The van der Waals surface area contributed by atoms with Crippen molar-refractivity contribution in [3.63, 3.8) is 0 Å². The summed E-state index contributed by atoms with van der Waals surface area (Å²) in [6, 6.07) is 13.8. The average molecular weight is 384 g/mol. The summed E-state index contributed by atoms with van der Waals surface area (Å²) in [5, 5.41) is 4.19. The topological polar surface area (TPSA) is 30.5 Å². The quantitative estimate of drug-likeness (QED) is 0.640. The highest BCUT2D eigenvalue weighted by atomic mass is 35.5. The van der Waals surface area contributed by atoms with E-state index in [9.17, 15) is 0 Å². The van der Waals surface area contributed by atoms with Crippen molar-refractivity contribution in [3.05, 3.63) is 58.6 Å². The van der Waals surface area contributed by atoms with Crippen LogP contribution in [0.3, 0.4) is 0 Å². The molecule has 2 aromatic rings. The van der Waals surface area contributed by atoms with E-state index in [2.05, 4.69) is 26.1 Å². The van der Waals surface area contributed by atoms with Crippen LogP contribution in [0.1, 0.15) is 38.3 Å².